The van der Waals surface area contributed by atoms with Crippen molar-refractivity contribution in [2.45, 2.75) is 49.0 Å². The lowest BCUT2D eigenvalue weighted by molar-refractivity contribution is 0.336. The maximum absolute atomic E-state index is 5.04. The third-order valence-electron chi connectivity index (χ3n) is 3.34. The highest BCUT2D eigenvalue weighted by Crippen LogP contribution is 2.48. The lowest BCUT2D eigenvalue weighted by atomic mass is 10.1. The van der Waals surface area contributed by atoms with E-state index in [-0.39, 0.29) is 0 Å². The molecule has 2 nitrogen and oxygen atoms in total. The van der Waals surface area contributed by atoms with Gasteiger partial charge < -0.3 is 9.47 Å². The molecule has 0 aromatic rings. The maximum atomic E-state index is 5.04. The van der Waals surface area contributed by atoms with Crippen molar-refractivity contribution in [1.29, 1.82) is 0 Å². The molecule has 0 aromatic carbocycles. The van der Waals surface area contributed by atoms with Crippen LogP contribution < -0.4 is 0 Å². The normalized spacial score (nSPS) is 18.7. The maximum Gasteiger partial charge on any atom is 0.0785 e. The standard InChI is InChI=1S/C16H28O2S2/c1-17-12-7-5-3-4-6-10-16(11-8-13-18-2)19-14-9-15-20-16/h7-8,12-13H,3-6,9-11,14-15H2,1-2H3/b12-7+,13-8+. The molecule has 0 amide bonds. The van der Waals surface area contributed by atoms with E-state index in [2.05, 4.69) is 35.7 Å². The summed E-state index contributed by atoms with van der Waals surface area (Å²) in [6, 6.07) is 0. The van der Waals surface area contributed by atoms with E-state index in [0.29, 0.717) is 4.08 Å². The van der Waals surface area contributed by atoms with E-state index in [1.54, 1.807) is 20.5 Å². The number of methoxy groups -OCH3 is 2. The zero-order chi connectivity index (χ0) is 14.5. The highest BCUT2D eigenvalue weighted by atomic mass is 32.2. The number of rotatable bonds is 10. The van der Waals surface area contributed by atoms with E-state index in [1.807, 2.05) is 6.26 Å². The molecule has 0 radical (unpaired) electrons. The van der Waals surface area contributed by atoms with Crippen molar-refractivity contribution >= 4 is 23.5 Å². The zero-order valence-corrected chi connectivity index (χ0v) is 14.4. The molecule has 1 aliphatic rings. The molecule has 0 bridgehead atoms. The Morgan fingerprint density at radius 1 is 0.950 bits per heavy atom. The molecular formula is C16H28O2S2. The average Bonchev–Trinajstić information content (AvgIpc) is 2.48. The summed E-state index contributed by atoms with van der Waals surface area (Å²) in [6.07, 6.45) is 16.7. The van der Waals surface area contributed by atoms with E-state index in [9.17, 15) is 0 Å². The van der Waals surface area contributed by atoms with Crippen LogP contribution in [0, 0.1) is 0 Å². The monoisotopic (exact) mass is 316 g/mol. The van der Waals surface area contributed by atoms with E-state index < -0.39 is 0 Å². The van der Waals surface area contributed by atoms with Crippen molar-refractivity contribution in [2.75, 3.05) is 25.7 Å². The molecule has 0 aliphatic carbocycles. The van der Waals surface area contributed by atoms with Gasteiger partial charge in [-0.15, -0.1) is 23.5 Å². The van der Waals surface area contributed by atoms with Gasteiger partial charge in [0.2, 0.25) is 0 Å². The average molecular weight is 317 g/mol. The van der Waals surface area contributed by atoms with E-state index >= 15 is 0 Å². The van der Waals surface area contributed by atoms with Crippen LogP contribution in [0.4, 0.5) is 0 Å². The molecule has 1 heterocycles. The topological polar surface area (TPSA) is 18.5 Å². The Kier molecular flexibility index (Phi) is 10.2. The van der Waals surface area contributed by atoms with E-state index in [4.69, 9.17) is 9.47 Å². The van der Waals surface area contributed by atoms with Crippen LogP contribution in [0.5, 0.6) is 0 Å². The predicted octanol–water partition coefficient (Wildman–Crippen LogP) is 5.21. The minimum atomic E-state index is 0.398. The van der Waals surface area contributed by atoms with Crippen molar-refractivity contribution in [3.8, 4) is 0 Å². The summed E-state index contributed by atoms with van der Waals surface area (Å²) < 4.78 is 10.3. The quantitative estimate of drug-likeness (QED) is 0.406. The van der Waals surface area contributed by atoms with Crippen LogP contribution in [0.1, 0.15) is 44.9 Å². The molecule has 1 rings (SSSR count). The first-order valence-electron chi connectivity index (χ1n) is 7.46. The summed E-state index contributed by atoms with van der Waals surface area (Å²) in [5.41, 5.74) is 0. The Morgan fingerprint density at radius 2 is 1.65 bits per heavy atom. The Labute approximate surface area is 132 Å². The largest absolute Gasteiger partial charge is 0.505 e. The number of thioether (sulfide) groups is 2. The minimum absolute atomic E-state index is 0.398. The highest BCUT2D eigenvalue weighted by Gasteiger charge is 2.31. The van der Waals surface area contributed by atoms with Crippen LogP contribution in [-0.4, -0.2) is 29.8 Å². The van der Waals surface area contributed by atoms with Crippen molar-refractivity contribution in [2.24, 2.45) is 0 Å². The summed E-state index contributed by atoms with van der Waals surface area (Å²) in [5.74, 6) is 2.62. The first-order valence-corrected chi connectivity index (χ1v) is 9.43. The van der Waals surface area contributed by atoms with Gasteiger partial charge in [0.05, 0.1) is 30.8 Å². The fourth-order valence-corrected chi connectivity index (χ4v) is 5.65. The Hall–Kier alpha value is -0.220. The predicted molar refractivity (Wildman–Crippen MR) is 92.3 cm³/mol. The molecule has 0 aromatic heterocycles. The van der Waals surface area contributed by atoms with Gasteiger partial charge in [0.15, 0.2) is 0 Å². The molecule has 20 heavy (non-hydrogen) atoms. The van der Waals surface area contributed by atoms with Gasteiger partial charge in [0.1, 0.15) is 0 Å². The van der Waals surface area contributed by atoms with Gasteiger partial charge in [-0.1, -0.05) is 12.8 Å². The van der Waals surface area contributed by atoms with Gasteiger partial charge in [-0.05, 0) is 55.8 Å². The van der Waals surface area contributed by atoms with Gasteiger partial charge in [0, 0.05) is 0 Å². The minimum Gasteiger partial charge on any atom is -0.505 e. The lowest BCUT2D eigenvalue weighted by Crippen LogP contribution is -2.24. The SMILES string of the molecule is CO/C=C/CCCCCC1(C/C=C/OC)SCCCS1. The molecule has 0 saturated carbocycles. The first kappa shape index (κ1) is 17.8. The second-order valence-corrected chi connectivity index (χ2v) is 8.19. The van der Waals surface area contributed by atoms with Crippen molar-refractivity contribution < 1.29 is 9.47 Å². The molecule has 0 spiro atoms. The van der Waals surface area contributed by atoms with Crippen molar-refractivity contribution in [3.63, 3.8) is 0 Å². The molecule has 1 fully saturated rings. The summed E-state index contributed by atoms with van der Waals surface area (Å²) in [6.45, 7) is 0. The van der Waals surface area contributed by atoms with Crippen LogP contribution in [0.15, 0.2) is 24.7 Å². The molecule has 0 N–H and O–H groups in total. The lowest BCUT2D eigenvalue weighted by Gasteiger charge is -2.35. The van der Waals surface area contributed by atoms with Crippen LogP contribution >= 0.6 is 23.5 Å². The number of ether oxygens (including phenoxy) is 2. The Bertz CT molecular complexity index is 284. The van der Waals surface area contributed by atoms with Crippen LogP contribution in [-0.2, 0) is 9.47 Å². The second kappa shape index (κ2) is 11.4. The number of allylic oxidation sites excluding steroid dienone is 2. The Balaban J connectivity index is 2.26. The molecule has 0 unspecified atom stereocenters. The molecule has 4 heteroatoms. The van der Waals surface area contributed by atoms with Crippen molar-refractivity contribution in [1.82, 2.24) is 0 Å². The molecular weight excluding hydrogens is 288 g/mol. The van der Waals surface area contributed by atoms with E-state index in [1.165, 1.54) is 43.6 Å². The van der Waals surface area contributed by atoms with Gasteiger partial charge in [-0.2, -0.15) is 0 Å². The molecule has 0 atom stereocenters. The summed E-state index contributed by atoms with van der Waals surface area (Å²) in [5, 5.41) is 0. The van der Waals surface area contributed by atoms with Gasteiger partial charge in [0.25, 0.3) is 0 Å². The number of unbranched alkanes of at least 4 members (excludes halogenated alkanes) is 3. The molecule has 116 valence electrons. The molecule has 1 aliphatic heterocycles. The Morgan fingerprint density at radius 3 is 2.35 bits per heavy atom. The van der Waals surface area contributed by atoms with Crippen LogP contribution in [0.2, 0.25) is 0 Å². The van der Waals surface area contributed by atoms with Crippen molar-refractivity contribution in [3.05, 3.63) is 24.7 Å². The number of hydrogen-bond acceptors (Lipinski definition) is 4. The van der Waals surface area contributed by atoms with Gasteiger partial charge >= 0.3 is 0 Å². The van der Waals surface area contributed by atoms with Gasteiger partial charge in [-0.3, -0.25) is 0 Å². The summed E-state index contributed by atoms with van der Waals surface area (Å²) >= 11 is 4.31. The van der Waals surface area contributed by atoms with E-state index in [0.717, 1.165) is 12.8 Å². The smallest absolute Gasteiger partial charge is 0.0785 e. The zero-order valence-electron chi connectivity index (χ0n) is 12.8. The molecule has 1 saturated heterocycles. The first-order chi connectivity index (χ1) is 9.83. The fraction of sp³-hybridized carbons (Fsp3) is 0.750. The third-order valence-corrected chi connectivity index (χ3v) is 6.83. The third kappa shape index (κ3) is 7.53. The van der Waals surface area contributed by atoms with Crippen LogP contribution in [0.25, 0.3) is 0 Å². The highest BCUT2D eigenvalue weighted by molar-refractivity contribution is 8.18. The number of hydrogen-bond donors (Lipinski definition) is 0. The second-order valence-electron chi connectivity index (χ2n) is 4.98. The summed E-state index contributed by atoms with van der Waals surface area (Å²) in [7, 11) is 3.42. The van der Waals surface area contributed by atoms with Crippen LogP contribution in [0.3, 0.4) is 0 Å². The summed E-state index contributed by atoms with van der Waals surface area (Å²) in [4.78, 5) is 0. The van der Waals surface area contributed by atoms with Gasteiger partial charge in [-0.25, -0.2) is 0 Å². The fourth-order valence-electron chi connectivity index (χ4n) is 2.30.